The molecular weight excluding hydrogens is 300 g/mol. The Balaban J connectivity index is 2.10. The number of hydrogen-bond donors (Lipinski definition) is 2. The van der Waals surface area contributed by atoms with Gasteiger partial charge in [0.1, 0.15) is 0 Å². The van der Waals surface area contributed by atoms with Crippen molar-refractivity contribution in [3.05, 3.63) is 43.3 Å². The quantitative estimate of drug-likeness (QED) is 0.844. The monoisotopic (exact) mass is 322 g/mol. The smallest absolute Gasteiger partial charge is 0.249 e. The summed E-state index contributed by atoms with van der Waals surface area (Å²) in [6.45, 7) is 9.55. The summed E-state index contributed by atoms with van der Waals surface area (Å²) in [6, 6.07) is 4.48. The molecule has 0 aliphatic rings. The van der Waals surface area contributed by atoms with Crippen molar-refractivity contribution in [1.29, 1.82) is 0 Å². The van der Waals surface area contributed by atoms with Gasteiger partial charge in [-0.05, 0) is 37.5 Å². The number of hydrogen-bond acceptors (Lipinski definition) is 4. The van der Waals surface area contributed by atoms with E-state index in [1.807, 2.05) is 22.8 Å². The van der Waals surface area contributed by atoms with Crippen molar-refractivity contribution in [3.8, 4) is 0 Å². The fourth-order valence-electron chi connectivity index (χ4n) is 2.48. The number of carbonyl (C=O) groups is 1. The zero-order valence-corrected chi connectivity index (χ0v) is 14.5. The number of primary amides is 1. The average molecular weight is 322 g/mol. The van der Waals surface area contributed by atoms with Crippen molar-refractivity contribution >= 4 is 28.6 Å². The summed E-state index contributed by atoms with van der Waals surface area (Å²) >= 11 is 3.42. The molecule has 21 heavy (non-hydrogen) atoms. The predicted molar refractivity (Wildman–Crippen MR) is 91.0 cm³/mol. The molecule has 3 N–H and O–H groups in total. The van der Waals surface area contributed by atoms with Crippen LogP contribution in [0.15, 0.2) is 17.5 Å². The molecule has 0 aliphatic heterocycles. The summed E-state index contributed by atoms with van der Waals surface area (Å²) in [6.07, 6.45) is 0. The second-order valence-electron chi connectivity index (χ2n) is 5.64. The van der Waals surface area contributed by atoms with Gasteiger partial charge in [0.05, 0.1) is 5.56 Å². The Morgan fingerprint density at radius 2 is 2.05 bits per heavy atom. The third-order valence-corrected chi connectivity index (χ3v) is 5.43. The molecule has 5 heteroatoms. The Morgan fingerprint density at radius 1 is 1.33 bits per heavy atom. The van der Waals surface area contributed by atoms with E-state index in [0.717, 1.165) is 11.4 Å². The van der Waals surface area contributed by atoms with Gasteiger partial charge in [-0.1, -0.05) is 13.8 Å². The molecule has 2 heterocycles. The molecule has 3 nitrogen and oxygen atoms in total. The Labute approximate surface area is 134 Å². The molecule has 0 saturated heterocycles. The molecule has 0 bridgehead atoms. The Morgan fingerprint density at radius 3 is 2.52 bits per heavy atom. The number of nitrogens with two attached hydrogens (primary N) is 1. The Kier molecular flexibility index (Phi) is 5.19. The van der Waals surface area contributed by atoms with E-state index in [-0.39, 0.29) is 5.91 Å². The van der Waals surface area contributed by atoms with Crippen molar-refractivity contribution in [2.75, 3.05) is 0 Å². The fraction of sp³-hybridized carbons (Fsp3) is 0.438. The second kappa shape index (κ2) is 6.73. The van der Waals surface area contributed by atoms with Crippen molar-refractivity contribution in [2.24, 2.45) is 11.7 Å². The predicted octanol–water partition coefficient (Wildman–Crippen LogP) is 4.01. The van der Waals surface area contributed by atoms with Crippen molar-refractivity contribution in [1.82, 2.24) is 5.32 Å². The Bertz CT molecular complexity index is 628. The van der Waals surface area contributed by atoms with Gasteiger partial charge < -0.3 is 11.1 Å². The van der Waals surface area contributed by atoms with Gasteiger partial charge in [-0.25, -0.2) is 0 Å². The molecule has 2 aromatic rings. The molecule has 2 rings (SSSR count). The number of nitrogens with one attached hydrogen (secondary N) is 1. The third kappa shape index (κ3) is 3.93. The highest BCUT2D eigenvalue weighted by Crippen LogP contribution is 2.31. The zero-order chi connectivity index (χ0) is 15.6. The summed E-state index contributed by atoms with van der Waals surface area (Å²) < 4.78 is 0. The van der Waals surface area contributed by atoms with E-state index in [2.05, 4.69) is 39.1 Å². The maximum atomic E-state index is 11.1. The number of aryl methyl sites for hydroxylation is 2. The van der Waals surface area contributed by atoms with Crippen LogP contribution in [0.3, 0.4) is 0 Å². The largest absolute Gasteiger partial charge is 0.366 e. The first kappa shape index (κ1) is 16.2. The summed E-state index contributed by atoms with van der Waals surface area (Å²) in [4.78, 5) is 15.0. The minimum absolute atomic E-state index is 0.328. The van der Waals surface area contributed by atoms with Crippen molar-refractivity contribution in [2.45, 2.75) is 40.3 Å². The van der Waals surface area contributed by atoms with Crippen LogP contribution in [0.5, 0.6) is 0 Å². The van der Waals surface area contributed by atoms with Crippen LogP contribution in [0.25, 0.3) is 0 Å². The summed E-state index contributed by atoms with van der Waals surface area (Å²) in [7, 11) is 0. The van der Waals surface area contributed by atoms with Gasteiger partial charge in [-0.2, -0.15) is 0 Å². The van der Waals surface area contributed by atoms with Gasteiger partial charge >= 0.3 is 0 Å². The molecular formula is C16H22N2OS2. The number of carbonyl (C=O) groups excluding carboxylic acids is 1. The van der Waals surface area contributed by atoms with E-state index in [9.17, 15) is 4.79 Å². The van der Waals surface area contributed by atoms with Gasteiger partial charge in [0.2, 0.25) is 5.91 Å². The minimum atomic E-state index is -0.359. The van der Waals surface area contributed by atoms with Crippen LogP contribution in [0.4, 0.5) is 0 Å². The highest BCUT2D eigenvalue weighted by Gasteiger charge is 2.19. The van der Waals surface area contributed by atoms with Crippen LogP contribution >= 0.6 is 22.7 Å². The minimum Gasteiger partial charge on any atom is -0.366 e. The molecule has 0 aliphatic carbocycles. The van der Waals surface area contributed by atoms with E-state index in [1.165, 1.54) is 15.3 Å². The topological polar surface area (TPSA) is 55.1 Å². The standard InChI is InChI=1S/C16H22N2OS2/c1-9(2)15(14-5-10(3)21-11(14)4)18-7-13-6-12(8-20-13)16(17)19/h5-6,8-9,15,18H,7H2,1-4H3,(H2,17,19)/t15-/m1/s1. The first-order chi connectivity index (χ1) is 9.88. The SMILES string of the molecule is Cc1cc([C@H](NCc2cc(C(N)=O)cs2)C(C)C)c(C)s1. The highest BCUT2D eigenvalue weighted by molar-refractivity contribution is 7.12. The van der Waals surface area contributed by atoms with Crippen LogP contribution in [0.2, 0.25) is 0 Å². The normalized spacial score (nSPS) is 12.8. The van der Waals surface area contributed by atoms with E-state index in [1.54, 1.807) is 11.3 Å². The lowest BCUT2D eigenvalue weighted by Crippen LogP contribution is -2.25. The number of rotatable bonds is 6. The molecule has 2 aromatic heterocycles. The first-order valence-corrected chi connectivity index (χ1v) is 8.75. The number of amides is 1. The molecule has 114 valence electrons. The van der Waals surface area contributed by atoms with Crippen LogP contribution < -0.4 is 11.1 Å². The lowest BCUT2D eigenvalue weighted by atomic mass is 9.96. The molecule has 0 fully saturated rings. The first-order valence-electron chi connectivity index (χ1n) is 7.06. The molecule has 0 saturated carbocycles. The molecule has 0 spiro atoms. The van der Waals surface area contributed by atoms with Crippen LogP contribution in [0.1, 0.15) is 50.4 Å². The van der Waals surface area contributed by atoms with Crippen molar-refractivity contribution in [3.63, 3.8) is 0 Å². The van der Waals surface area contributed by atoms with Gasteiger partial charge in [0.25, 0.3) is 0 Å². The van der Waals surface area contributed by atoms with E-state index < -0.39 is 0 Å². The summed E-state index contributed by atoms with van der Waals surface area (Å²) in [5, 5.41) is 5.45. The van der Waals surface area contributed by atoms with Gasteiger partial charge in [-0.3, -0.25) is 4.79 Å². The average Bonchev–Trinajstić information content (AvgIpc) is 2.97. The number of thiophene rings is 2. The molecule has 1 amide bonds. The lowest BCUT2D eigenvalue weighted by molar-refractivity contribution is 0.100. The lowest BCUT2D eigenvalue weighted by Gasteiger charge is -2.22. The van der Waals surface area contributed by atoms with E-state index in [0.29, 0.717) is 17.5 Å². The summed E-state index contributed by atoms with van der Waals surface area (Å²) in [5.74, 6) is 0.149. The molecule has 0 radical (unpaired) electrons. The molecule has 1 atom stereocenters. The van der Waals surface area contributed by atoms with Crippen molar-refractivity contribution < 1.29 is 4.79 Å². The molecule has 0 aromatic carbocycles. The molecule has 0 unspecified atom stereocenters. The maximum Gasteiger partial charge on any atom is 0.249 e. The second-order valence-corrected chi connectivity index (χ2v) is 8.09. The van der Waals surface area contributed by atoms with Gasteiger partial charge in [-0.15, -0.1) is 22.7 Å². The fourth-order valence-corrected chi connectivity index (χ4v) is 4.27. The maximum absolute atomic E-state index is 11.1. The van der Waals surface area contributed by atoms with Crippen LogP contribution in [0, 0.1) is 19.8 Å². The van der Waals surface area contributed by atoms with E-state index >= 15 is 0 Å². The summed E-state index contributed by atoms with van der Waals surface area (Å²) in [5.41, 5.74) is 7.28. The third-order valence-electron chi connectivity index (χ3n) is 3.52. The highest BCUT2D eigenvalue weighted by atomic mass is 32.1. The Hall–Kier alpha value is -1.17. The van der Waals surface area contributed by atoms with Gasteiger partial charge in [0, 0.05) is 32.6 Å². The van der Waals surface area contributed by atoms with Crippen LogP contribution in [-0.4, -0.2) is 5.91 Å². The zero-order valence-electron chi connectivity index (χ0n) is 12.9. The van der Waals surface area contributed by atoms with Crippen LogP contribution in [-0.2, 0) is 6.54 Å². The van der Waals surface area contributed by atoms with E-state index in [4.69, 9.17) is 5.73 Å². The van der Waals surface area contributed by atoms with Gasteiger partial charge in [0.15, 0.2) is 0 Å².